The molecule has 0 amide bonds. The van der Waals surface area contributed by atoms with Gasteiger partial charge in [-0.05, 0) is 0 Å². The van der Waals surface area contributed by atoms with E-state index in [1.54, 1.807) is 0 Å². The van der Waals surface area contributed by atoms with Gasteiger partial charge in [-0.3, -0.25) is 0 Å². The molecule has 0 aliphatic rings. The van der Waals surface area contributed by atoms with Crippen molar-refractivity contribution in [1.82, 2.24) is 4.65 Å². The third kappa shape index (κ3) is 18.2. The second kappa shape index (κ2) is 5.60. The Morgan fingerprint density at radius 1 is 0.727 bits per heavy atom. The van der Waals surface area contributed by atoms with Gasteiger partial charge in [0.1, 0.15) is 16.5 Å². The molecule has 0 saturated heterocycles. The Balaban J connectivity index is -0.000000320. The Labute approximate surface area is 86.7 Å². The number of hydrogen-bond acceptors (Lipinski definition) is 1. The molecule has 0 heterocycles. The summed E-state index contributed by atoms with van der Waals surface area (Å²) in [5.74, 6) is 0. The van der Waals surface area contributed by atoms with Gasteiger partial charge < -0.3 is 12.1 Å². The quantitative estimate of drug-likeness (QED) is 0.458. The Morgan fingerprint density at radius 3 is 0.909 bits per heavy atom. The molecule has 0 fully saturated rings. The fraction of sp³-hybridized carbons (Fsp3) is 0.857. The van der Waals surface area contributed by atoms with Gasteiger partial charge in [0, 0.05) is 0 Å². The van der Waals surface area contributed by atoms with E-state index in [1.165, 1.54) is 0 Å². The SMILES string of the molecule is C[Si](C)(C)N[Si](C)(C)C.[CH3-].[Li+]. The molecule has 0 aromatic heterocycles. The smallest absolute Gasteiger partial charge is 0.360 e. The van der Waals surface area contributed by atoms with E-state index in [0.29, 0.717) is 0 Å². The summed E-state index contributed by atoms with van der Waals surface area (Å²) in [7, 11) is -1.96. The van der Waals surface area contributed by atoms with Gasteiger partial charge in [-0.2, -0.15) is 0 Å². The van der Waals surface area contributed by atoms with Crippen LogP contribution < -0.4 is 23.5 Å². The molecule has 0 aromatic carbocycles. The molecular formula is C7H22LiNSi2. The van der Waals surface area contributed by atoms with E-state index in [9.17, 15) is 0 Å². The number of rotatable bonds is 2. The standard InChI is InChI=1S/C6H19NSi2.CH3.Li/c1-8(2,3)7-9(4,5)6;;/h7H,1-6H3;1H3;/q;-1;+1. The maximum absolute atomic E-state index is 3.74. The maximum atomic E-state index is 3.74. The van der Waals surface area contributed by atoms with Crippen molar-refractivity contribution in [3.63, 3.8) is 0 Å². The van der Waals surface area contributed by atoms with Crippen LogP contribution in [0.25, 0.3) is 0 Å². The topological polar surface area (TPSA) is 12.0 Å². The first-order valence-electron chi connectivity index (χ1n) is 3.50. The van der Waals surface area contributed by atoms with Gasteiger partial charge >= 0.3 is 18.9 Å². The van der Waals surface area contributed by atoms with Crippen LogP contribution in [0.15, 0.2) is 0 Å². The first-order valence-corrected chi connectivity index (χ1v) is 10.5. The fourth-order valence-electron chi connectivity index (χ4n) is 1.12. The molecule has 0 unspecified atom stereocenters. The van der Waals surface area contributed by atoms with Crippen molar-refractivity contribution in [2.24, 2.45) is 0 Å². The minimum Gasteiger partial charge on any atom is -0.360 e. The van der Waals surface area contributed by atoms with Crippen LogP contribution in [-0.4, -0.2) is 16.5 Å². The Kier molecular flexibility index (Phi) is 9.13. The minimum atomic E-state index is -0.981. The van der Waals surface area contributed by atoms with Crippen molar-refractivity contribution < 1.29 is 18.9 Å². The van der Waals surface area contributed by atoms with Gasteiger partial charge in [-0.15, -0.1) is 0 Å². The van der Waals surface area contributed by atoms with Crippen molar-refractivity contribution in [3.05, 3.63) is 7.43 Å². The summed E-state index contributed by atoms with van der Waals surface area (Å²) in [5, 5.41) is 0. The first kappa shape index (κ1) is 17.9. The zero-order valence-electron chi connectivity index (χ0n) is 9.50. The summed E-state index contributed by atoms with van der Waals surface area (Å²) >= 11 is 0. The van der Waals surface area contributed by atoms with Crippen molar-refractivity contribution >= 4 is 16.5 Å². The van der Waals surface area contributed by atoms with E-state index in [4.69, 9.17) is 0 Å². The van der Waals surface area contributed by atoms with E-state index in [1.807, 2.05) is 0 Å². The minimum absolute atomic E-state index is 0. The average Bonchev–Trinajstić information content (AvgIpc) is 1.14. The fourth-order valence-corrected chi connectivity index (χ4v) is 10.1. The molecule has 11 heavy (non-hydrogen) atoms. The van der Waals surface area contributed by atoms with Crippen LogP contribution in [-0.2, 0) is 0 Å². The third-order valence-corrected chi connectivity index (χ3v) is 6.75. The van der Waals surface area contributed by atoms with Crippen LogP contribution in [0.5, 0.6) is 0 Å². The van der Waals surface area contributed by atoms with E-state index in [-0.39, 0.29) is 26.3 Å². The zero-order valence-corrected chi connectivity index (χ0v) is 11.5. The number of hydrogen-bond donors (Lipinski definition) is 1. The maximum Gasteiger partial charge on any atom is 1.00 e. The third-order valence-electron chi connectivity index (χ3n) is 0.750. The van der Waals surface area contributed by atoms with Crippen molar-refractivity contribution in [1.29, 1.82) is 0 Å². The largest absolute Gasteiger partial charge is 1.00 e. The van der Waals surface area contributed by atoms with Crippen LogP contribution in [0.3, 0.4) is 0 Å². The van der Waals surface area contributed by atoms with E-state index < -0.39 is 16.5 Å². The summed E-state index contributed by atoms with van der Waals surface area (Å²) in [6.45, 7) is 14.1. The van der Waals surface area contributed by atoms with Gasteiger partial charge in [0.2, 0.25) is 0 Å². The molecule has 1 N–H and O–H groups in total. The monoisotopic (exact) mass is 183 g/mol. The molecule has 0 saturated carbocycles. The van der Waals surface area contributed by atoms with Gasteiger partial charge in [0.25, 0.3) is 0 Å². The molecule has 0 bridgehead atoms. The molecule has 64 valence electrons. The van der Waals surface area contributed by atoms with Crippen LogP contribution in [0.4, 0.5) is 0 Å². The van der Waals surface area contributed by atoms with Crippen LogP contribution in [0.1, 0.15) is 0 Å². The molecule has 0 aliphatic heterocycles. The van der Waals surface area contributed by atoms with Crippen LogP contribution in [0, 0.1) is 7.43 Å². The summed E-state index contributed by atoms with van der Waals surface area (Å²) in [6.07, 6.45) is 0. The Bertz CT molecular complexity index is 81.6. The van der Waals surface area contributed by atoms with Crippen molar-refractivity contribution in [2.75, 3.05) is 0 Å². The summed E-state index contributed by atoms with van der Waals surface area (Å²) in [4.78, 5) is 0. The van der Waals surface area contributed by atoms with Gasteiger partial charge in [0.05, 0.1) is 0 Å². The van der Waals surface area contributed by atoms with Gasteiger partial charge in [-0.25, -0.2) is 0 Å². The molecular weight excluding hydrogens is 161 g/mol. The van der Waals surface area contributed by atoms with Gasteiger partial charge in [0.15, 0.2) is 0 Å². The van der Waals surface area contributed by atoms with E-state index in [2.05, 4.69) is 43.9 Å². The van der Waals surface area contributed by atoms with Gasteiger partial charge in [-0.1, -0.05) is 39.3 Å². The summed E-state index contributed by atoms with van der Waals surface area (Å²) in [6, 6.07) is 0. The molecule has 0 rings (SSSR count). The molecule has 0 aromatic rings. The normalized spacial score (nSPS) is 11.5. The summed E-state index contributed by atoms with van der Waals surface area (Å²) in [5.41, 5.74) is 0. The second-order valence-corrected chi connectivity index (χ2v) is 14.6. The van der Waals surface area contributed by atoms with Crippen molar-refractivity contribution in [3.8, 4) is 0 Å². The summed E-state index contributed by atoms with van der Waals surface area (Å²) < 4.78 is 3.74. The molecule has 1 nitrogen and oxygen atoms in total. The molecule has 0 radical (unpaired) electrons. The number of nitrogens with one attached hydrogen (secondary N) is 1. The van der Waals surface area contributed by atoms with Crippen molar-refractivity contribution in [2.45, 2.75) is 39.3 Å². The first-order chi connectivity index (χ1) is 3.71. The van der Waals surface area contributed by atoms with E-state index in [0.717, 1.165) is 0 Å². The van der Waals surface area contributed by atoms with Crippen LogP contribution in [0.2, 0.25) is 39.3 Å². The Hall–Kier alpha value is 0.991. The molecule has 4 heteroatoms. The predicted molar refractivity (Wildman–Crippen MR) is 56.2 cm³/mol. The predicted octanol–water partition coefficient (Wildman–Crippen LogP) is -0.300. The molecule has 0 spiro atoms. The zero-order chi connectivity index (χ0) is 7.71. The average molecular weight is 183 g/mol. The van der Waals surface area contributed by atoms with Crippen LogP contribution >= 0.6 is 0 Å². The molecule has 0 atom stereocenters. The Morgan fingerprint density at radius 2 is 0.909 bits per heavy atom. The van der Waals surface area contributed by atoms with E-state index >= 15 is 0 Å². The second-order valence-electron chi connectivity index (χ2n) is 4.62. The molecule has 0 aliphatic carbocycles.